The third-order valence-electron chi connectivity index (χ3n) is 16.9. The minimum absolute atomic E-state index is 0.0127. The number of amides is 3. The zero-order valence-corrected chi connectivity index (χ0v) is 46.9. The molecule has 5 aliphatic heterocycles. The zero-order chi connectivity index (χ0) is 55.7. The van der Waals surface area contributed by atoms with Crippen LogP contribution in [0.15, 0.2) is 91.6 Å². The van der Waals surface area contributed by atoms with E-state index in [1.54, 1.807) is 39.3 Å². The van der Waals surface area contributed by atoms with Crippen molar-refractivity contribution in [3.8, 4) is 28.1 Å². The number of aryl methyl sites for hydroxylation is 1. The number of hydrogen-bond donors (Lipinski definition) is 3. The molecule has 5 aliphatic rings. The molecule has 17 nitrogen and oxygen atoms in total. The molecule has 0 radical (unpaired) electrons. The van der Waals surface area contributed by atoms with E-state index in [0.29, 0.717) is 43.5 Å². The highest BCUT2D eigenvalue weighted by Crippen LogP contribution is 2.44. The Hall–Kier alpha value is -6.63. The fraction of sp³-hybridized carbons (Fsp3) is 0.500. The van der Waals surface area contributed by atoms with Crippen LogP contribution in [0.1, 0.15) is 94.7 Å². The van der Waals surface area contributed by atoms with Gasteiger partial charge < -0.3 is 43.7 Å². The summed E-state index contributed by atoms with van der Waals surface area (Å²) >= 11 is 0. The number of hydrogen-bond acceptors (Lipinski definition) is 13. The van der Waals surface area contributed by atoms with Gasteiger partial charge in [-0.2, -0.15) is 0 Å². The Bertz CT molecular complexity index is 3060. The number of cyclic esters (lactones) is 1. The molecule has 0 saturated carbocycles. The van der Waals surface area contributed by atoms with Crippen molar-refractivity contribution < 1.29 is 43.2 Å². The van der Waals surface area contributed by atoms with E-state index in [2.05, 4.69) is 76.7 Å². The second-order valence-corrected chi connectivity index (χ2v) is 23.0. The molecule has 8 atom stereocenters. The van der Waals surface area contributed by atoms with Gasteiger partial charge in [-0.05, 0) is 104 Å². The molecule has 0 spiro atoms. The standard InChI is InChI=1S/C62H78N8O9/c1-9-38(3)55(66(7)60(74)57-49(36-78-57)41-16-12-11-13-17-41)58(72)64-51-30-40-28-43(31-45(71)29-40)42-20-21-52-46(32-42)48(34-62(5,6)37-79-61(75)50-18-14-22-70(65-50)59(51)73)56(69(52)10-2)47-33-44(35-63-54(47)39(4)76-8)67-23-25-68(26-24-67)53-19-15-27-77-53/h9,11-13,16-17,20-21,28-29,31-33,35,38-39,49-51,53,55,57,65,71H,1,10,14-15,18-19,22-27,30,34,36-37H2,2-8H3,(H,64,72)/t38-,39+,49-,50+,51+,53+,55+,57-/m1/s1. The zero-order valence-electron chi connectivity index (χ0n) is 46.9. The number of nitrogens with one attached hydrogen (secondary N) is 2. The van der Waals surface area contributed by atoms with Gasteiger partial charge in [-0.1, -0.05) is 69.3 Å². The van der Waals surface area contributed by atoms with Crippen molar-refractivity contribution in [2.24, 2.45) is 11.3 Å². The number of piperazine rings is 1. The molecular weight excluding hydrogens is 1000 g/mol. The van der Waals surface area contributed by atoms with Crippen molar-refractivity contribution in [3.63, 3.8) is 0 Å². The lowest BCUT2D eigenvalue weighted by Gasteiger charge is -2.41. The predicted molar refractivity (Wildman–Crippen MR) is 303 cm³/mol. The number of likely N-dealkylation sites (N-methyl/N-ethyl adjacent to an activating group) is 1. The van der Waals surface area contributed by atoms with Crippen molar-refractivity contribution in [2.75, 3.05) is 71.6 Å². The average molecular weight is 1080 g/mol. The predicted octanol–water partition coefficient (Wildman–Crippen LogP) is 7.54. The molecule has 10 rings (SSSR count). The number of rotatable bonds is 13. The van der Waals surface area contributed by atoms with E-state index in [1.165, 1.54) is 9.91 Å². The molecule has 6 bridgehead atoms. The molecule has 7 heterocycles. The van der Waals surface area contributed by atoms with Crippen LogP contribution >= 0.6 is 0 Å². The maximum atomic E-state index is 15.0. The van der Waals surface area contributed by atoms with Crippen molar-refractivity contribution in [2.45, 2.75) is 122 Å². The maximum Gasteiger partial charge on any atom is 0.324 e. The summed E-state index contributed by atoms with van der Waals surface area (Å²) in [4.78, 5) is 69.8. The highest BCUT2D eigenvalue weighted by atomic mass is 16.5. The van der Waals surface area contributed by atoms with E-state index in [4.69, 9.17) is 23.9 Å². The summed E-state index contributed by atoms with van der Waals surface area (Å²) in [5.74, 6) is -2.61. The minimum atomic E-state index is -1.20. The number of phenols is 1. The molecule has 3 N–H and O–H groups in total. The van der Waals surface area contributed by atoms with Crippen LogP contribution in [-0.2, 0) is 57.5 Å². The Morgan fingerprint density at radius 2 is 1.77 bits per heavy atom. The fourth-order valence-electron chi connectivity index (χ4n) is 12.4. The molecule has 79 heavy (non-hydrogen) atoms. The number of pyridine rings is 1. The van der Waals surface area contributed by atoms with Gasteiger partial charge >= 0.3 is 5.97 Å². The number of nitrogens with zero attached hydrogens (tertiary/aromatic N) is 6. The highest BCUT2D eigenvalue weighted by molar-refractivity contribution is 5.96. The molecule has 3 aromatic carbocycles. The third kappa shape index (κ3) is 11.6. The van der Waals surface area contributed by atoms with Gasteiger partial charge in [0.05, 0.1) is 42.6 Å². The molecule has 3 amide bonds. The van der Waals surface area contributed by atoms with Crippen LogP contribution in [0.5, 0.6) is 5.75 Å². The average Bonchev–Trinajstić information content (AvgIpc) is 4.20. The van der Waals surface area contributed by atoms with Gasteiger partial charge in [0.15, 0.2) is 0 Å². The summed E-state index contributed by atoms with van der Waals surface area (Å²) in [7, 11) is 3.29. The first-order valence-corrected chi connectivity index (χ1v) is 28.3. The molecule has 0 aliphatic carbocycles. The molecule has 5 aromatic rings. The highest BCUT2D eigenvalue weighted by Gasteiger charge is 2.45. The second-order valence-electron chi connectivity index (χ2n) is 23.0. The number of benzene rings is 3. The number of carbonyl (C=O) groups is 4. The normalized spacial score (nSPS) is 24.0. The number of anilines is 1. The smallest absolute Gasteiger partial charge is 0.324 e. The lowest BCUT2D eigenvalue weighted by molar-refractivity contribution is -0.164. The Balaban J connectivity index is 1.04. The fourth-order valence-corrected chi connectivity index (χ4v) is 12.4. The quantitative estimate of drug-likeness (QED) is 0.0779. The van der Waals surface area contributed by atoms with Crippen LogP contribution in [0, 0.1) is 11.3 Å². The number of aromatic hydroxyl groups is 1. The summed E-state index contributed by atoms with van der Waals surface area (Å²) in [6.45, 7) is 19.8. The first-order valence-electron chi connectivity index (χ1n) is 28.3. The Morgan fingerprint density at radius 3 is 2.47 bits per heavy atom. The summed E-state index contributed by atoms with van der Waals surface area (Å²) in [5.41, 5.74) is 11.6. The van der Waals surface area contributed by atoms with Crippen molar-refractivity contribution in [1.29, 1.82) is 0 Å². The van der Waals surface area contributed by atoms with Gasteiger partial charge in [0, 0.05) is 100 Å². The van der Waals surface area contributed by atoms with E-state index in [0.717, 1.165) is 95.9 Å². The molecule has 0 unspecified atom stereocenters. The van der Waals surface area contributed by atoms with E-state index in [-0.39, 0.29) is 49.5 Å². The molecule has 4 fully saturated rings. The number of phenolic OH excluding ortho intramolecular Hbond substituents is 1. The summed E-state index contributed by atoms with van der Waals surface area (Å²) < 4.78 is 26.5. The maximum absolute atomic E-state index is 15.0. The van der Waals surface area contributed by atoms with E-state index in [1.807, 2.05) is 49.5 Å². The Labute approximate surface area is 464 Å². The van der Waals surface area contributed by atoms with Crippen molar-refractivity contribution in [3.05, 3.63) is 114 Å². The lowest BCUT2D eigenvalue weighted by Crippen LogP contribution is -2.63. The number of fused-ring (bicyclic) bond motifs is 6. The largest absolute Gasteiger partial charge is 0.508 e. The van der Waals surface area contributed by atoms with Crippen LogP contribution in [0.25, 0.3) is 33.3 Å². The van der Waals surface area contributed by atoms with Gasteiger partial charge in [-0.15, -0.1) is 6.58 Å². The van der Waals surface area contributed by atoms with Gasteiger partial charge in [0.2, 0.25) is 5.91 Å². The minimum Gasteiger partial charge on any atom is -0.508 e. The SMILES string of the molecule is C=C[C@@H](C)[C@@H](C(=O)N[C@H]1Cc2cc(O)cc(c2)-c2ccc3c(c2)c(c(-c2cc(N4CCN([C@@H]5CCCO5)CC4)cnc2[C@H](C)OC)n3CC)CC(C)(C)COC(=O)[C@@H]2CCCN(N2)C1=O)N(C)C(=O)[C@@H]1OC[C@@H]1c1ccccc1. The Morgan fingerprint density at radius 1 is 0.987 bits per heavy atom. The van der Waals surface area contributed by atoms with E-state index < -0.39 is 53.3 Å². The van der Waals surface area contributed by atoms with Crippen LogP contribution in [0.4, 0.5) is 5.69 Å². The van der Waals surface area contributed by atoms with Gasteiger partial charge in [0.25, 0.3) is 11.8 Å². The van der Waals surface area contributed by atoms with Crippen LogP contribution in [0.3, 0.4) is 0 Å². The van der Waals surface area contributed by atoms with Crippen LogP contribution in [0.2, 0.25) is 0 Å². The van der Waals surface area contributed by atoms with E-state index in [9.17, 15) is 24.3 Å². The first kappa shape index (κ1) is 55.7. The number of hydrazine groups is 1. The van der Waals surface area contributed by atoms with Gasteiger partial charge in [0.1, 0.15) is 36.2 Å². The molecule has 17 heteroatoms. The molecule has 4 saturated heterocycles. The van der Waals surface area contributed by atoms with Crippen LogP contribution < -0.4 is 15.6 Å². The summed E-state index contributed by atoms with van der Waals surface area (Å²) in [6.07, 6.45) is 6.22. The van der Waals surface area contributed by atoms with Crippen molar-refractivity contribution >= 4 is 40.3 Å². The third-order valence-corrected chi connectivity index (χ3v) is 16.9. The monoisotopic (exact) mass is 1080 g/mol. The van der Waals surface area contributed by atoms with Crippen LogP contribution in [-0.4, -0.2) is 150 Å². The van der Waals surface area contributed by atoms with Gasteiger partial charge in [-0.3, -0.25) is 34.1 Å². The number of esters is 1. The number of methoxy groups -OCH3 is 1. The topological polar surface area (TPSA) is 180 Å². The number of ether oxygens (including phenoxy) is 4. The van der Waals surface area contributed by atoms with E-state index >= 15 is 0 Å². The van der Waals surface area contributed by atoms with Gasteiger partial charge in [-0.25, -0.2) is 5.43 Å². The molecule has 2 aromatic heterocycles. The number of carbonyl (C=O) groups excluding carboxylic acids is 4. The molecular formula is C62H78N8O9. The second kappa shape index (κ2) is 23.6. The number of aromatic nitrogens is 2. The summed E-state index contributed by atoms with van der Waals surface area (Å²) in [6, 6.07) is 20.5. The first-order chi connectivity index (χ1) is 38.1. The molecule has 420 valence electrons. The summed E-state index contributed by atoms with van der Waals surface area (Å²) in [5, 5.41) is 17.0. The Kier molecular flexibility index (Phi) is 16.6. The van der Waals surface area contributed by atoms with Crippen molar-refractivity contribution in [1.82, 2.24) is 35.1 Å². The lowest BCUT2D eigenvalue weighted by atomic mass is 9.84.